The number of hydrogen-bond acceptors (Lipinski definition) is 6. The zero-order chi connectivity index (χ0) is 22.1. The van der Waals surface area contributed by atoms with E-state index < -0.39 is 24.5 Å². The van der Waals surface area contributed by atoms with E-state index >= 15 is 0 Å². The first-order valence-electron chi connectivity index (χ1n) is 11.3. The Hall–Kier alpha value is -2.58. The van der Waals surface area contributed by atoms with Gasteiger partial charge in [0, 0.05) is 5.56 Å². The molecular weight excluding hydrogens is 420 g/mol. The Kier molecular flexibility index (Phi) is 5.72. The third-order valence-electron chi connectivity index (χ3n) is 6.25. The van der Waals surface area contributed by atoms with Crippen molar-refractivity contribution in [1.82, 2.24) is 0 Å². The molecule has 3 aromatic carbocycles. The molecule has 3 bridgehead atoms. The highest BCUT2D eigenvalue weighted by Crippen LogP contribution is 2.51. The minimum Gasteiger partial charge on any atom is -0.374 e. The Balaban J connectivity index is 1.22. The summed E-state index contributed by atoms with van der Waals surface area (Å²) in [4.78, 5) is 0. The molecule has 6 heteroatoms. The van der Waals surface area contributed by atoms with Crippen molar-refractivity contribution >= 4 is 0 Å². The van der Waals surface area contributed by atoms with Crippen molar-refractivity contribution in [3.63, 3.8) is 0 Å². The standard InChI is InChI=1S/C27H26O6/c1-4-10-19(11-5-1)16-28-18-22-23-24(29-17-20-12-6-2-7-13-20)25-26(30-22)33-27(31-23,32-25)21-14-8-3-9-15-21/h1-15,22-26H,16-18H2/t22-,23-,24+,25-,26-,27?/m1/s1. The topological polar surface area (TPSA) is 55.4 Å². The molecule has 6 rings (SSSR count). The van der Waals surface area contributed by atoms with Gasteiger partial charge in [0.05, 0.1) is 19.8 Å². The Morgan fingerprint density at radius 1 is 0.667 bits per heavy atom. The van der Waals surface area contributed by atoms with Crippen LogP contribution in [0.15, 0.2) is 91.0 Å². The summed E-state index contributed by atoms with van der Waals surface area (Å²) >= 11 is 0. The largest absolute Gasteiger partial charge is 0.374 e. The Morgan fingerprint density at radius 2 is 1.27 bits per heavy atom. The zero-order valence-electron chi connectivity index (χ0n) is 18.1. The van der Waals surface area contributed by atoms with Crippen LogP contribution in [0.25, 0.3) is 0 Å². The summed E-state index contributed by atoms with van der Waals surface area (Å²) in [6, 6.07) is 29.9. The zero-order valence-corrected chi connectivity index (χ0v) is 18.1. The van der Waals surface area contributed by atoms with E-state index in [1.54, 1.807) is 0 Å². The lowest BCUT2D eigenvalue weighted by Gasteiger charge is -2.45. The summed E-state index contributed by atoms with van der Waals surface area (Å²) in [6.07, 6.45) is -2.07. The molecule has 1 unspecified atom stereocenters. The van der Waals surface area contributed by atoms with Crippen LogP contribution in [0.2, 0.25) is 0 Å². The van der Waals surface area contributed by atoms with E-state index in [9.17, 15) is 0 Å². The van der Waals surface area contributed by atoms with Gasteiger partial charge in [0.15, 0.2) is 6.29 Å². The molecule has 3 aliphatic rings. The van der Waals surface area contributed by atoms with Crippen LogP contribution in [0, 0.1) is 0 Å². The van der Waals surface area contributed by atoms with E-state index in [2.05, 4.69) is 0 Å². The summed E-state index contributed by atoms with van der Waals surface area (Å²) < 4.78 is 37.6. The fourth-order valence-electron chi connectivity index (χ4n) is 4.64. The predicted octanol–water partition coefficient (Wildman–Crippen LogP) is 4.14. The molecule has 3 heterocycles. The first-order valence-corrected chi connectivity index (χ1v) is 11.3. The Labute approximate surface area is 192 Å². The van der Waals surface area contributed by atoms with Gasteiger partial charge in [-0.15, -0.1) is 0 Å². The van der Waals surface area contributed by atoms with Gasteiger partial charge in [-0.25, -0.2) is 0 Å². The van der Waals surface area contributed by atoms with Crippen LogP contribution < -0.4 is 0 Å². The molecule has 0 aromatic heterocycles. The van der Waals surface area contributed by atoms with Gasteiger partial charge in [-0.1, -0.05) is 91.0 Å². The van der Waals surface area contributed by atoms with Gasteiger partial charge >= 0.3 is 5.97 Å². The molecule has 0 radical (unpaired) electrons. The lowest BCUT2D eigenvalue weighted by molar-refractivity contribution is -0.406. The Morgan fingerprint density at radius 3 is 1.97 bits per heavy atom. The highest BCUT2D eigenvalue weighted by Gasteiger charge is 2.66. The van der Waals surface area contributed by atoms with Gasteiger partial charge in [-0.2, -0.15) is 0 Å². The van der Waals surface area contributed by atoms with Crippen molar-refractivity contribution in [2.75, 3.05) is 6.61 Å². The highest BCUT2D eigenvalue weighted by molar-refractivity contribution is 5.22. The normalized spacial score (nSPS) is 32.2. The molecule has 6 atom stereocenters. The maximum atomic E-state index is 6.48. The van der Waals surface area contributed by atoms with Crippen LogP contribution in [0.4, 0.5) is 0 Å². The fraction of sp³-hybridized carbons (Fsp3) is 0.333. The molecule has 0 N–H and O–H groups in total. The van der Waals surface area contributed by atoms with Gasteiger partial charge < -0.3 is 23.7 Å². The molecule has 0 aliphatic carbocycles. The quantitative estimate of drug-likeness (QED) is 0.519. The number of fused-ring (bicyclic) bond motifs is 2. The van der Waals surface area contributed by atoms with Gasteiger partial charge in [0.2, 0.25) is 0 Å². The summed E-state index contributed by atoms with van der Waals surface area (Å²) in [5, 5.41) is 0. The minimum atomic E-state index is -1.29. The summed E-state index contributed by atoms with van der Waals surface area (Å²) in [7, 11) is 0. The van der Waals surface area contributed by atoms with Gasteiger partial charge in [-0.05, 0) is 11.1 Å². The van der Waals surface area contributed by atoms with E-state index in [0.717, 1.165) is 16.7 Å². The average Bonchev–Trinajstić information content (AvgIpc) is 3.09. The molecule has 3 saturated heterocycles. The molecule has 3 aromatic rings. The van der Waals surface area contributed by atoms with E-state index in [0.29, 0.717) is 19.8 Å². The second-order valence-corrected chi connectivity index (χ2v) is 8.51. The van der Waals surface area contributed by atoms with Crippen molar-refractivity contribution in [2.45, 2.75) is 49.9 Å². The lowest BCUT2D eigenvalue weighted by Crippen LogP contribution is -2.62. The van der Waals surface area contributed by atoms with Gasteiger partial charge in [0.1, 0.15) is 24.4 Å². The number of rotatable bonds is 8. The molecule has 3 aliphatic heterocycles. The first kappa shape index (κ1) is 21.0. The molecule has 6 nitrogen and oxygen atoms in total. The highest BCUT2D eigenvalue weighted by atomic mass is 17.0. The van der Waals surface area contributed by atoms with Crippen molar-refractivity contribution < 1.29 is 28.4 Å². The van der Waals surface area contributed by atoms with Gasteiger partial charge in [0.25, 0.3) is 0 Å². The number of ether oxygens (including phenoxy) is 6. The maximum Gasteiger partial charge on any atom is 0.315 e. The number of benzene rings is 3. The first-order chi connectivity index (χ1) is 16.3. The maximum absolute atomic E-state index is 6.48. The molecule has 0 saturated carbocycles. The van der Waals surface area contributed by atoms with Crippen LogP contribution in [0.3, 0.4) is 0 Å². The van der Waals surface area contributed by atoms with E-state index in [4.69, 9.17) is 28.4 Å². The van der Waals surface area contributed by atoms with Crippen molar-refractivity contribution in [3.05, 3.63) is 108 Å². The van der Waals surface area contributed by atoms with E-state index in [-0.39, 0.29) is 12.2 Å². The molecule has 0 amide bonds. The predicted molar refractivity (Wildman–Crippen MR) is 119 cm³/mol. The molecular formula is C27H26O6. The van der Waals surface area contributed by atoms with Crippen molar-refractivity contribution in [1.29, 1.82) is 0 Å². The smallest absolute Gasteiger partial charge is 0.315 e. The third kappa shape index (κ3) is 4.10. The molecule has 3 fully saturated rings. The van der Waals surface area contributed by atoms with E-state index in [1.165, 1.54) is 0 Å². The van der Waals surface area contributed by atoms with Crippen LogP contribution in [-0.4, -0.2) is 37.3 Å². The van der Waals surface area contributed by atoms with E-state index in [1.807, 2.05) is 91.0 Å². The second-order valence-electron chi connectivity index (χ2n) is 8.51. The SMILES string of the molecule is c1ccc(COC[C@H]2O[C@@H]3OC4(c5ccccc5)O[C@@H]3[C@@H](OCc3ccccc3)[C@@H]2O4)cc1. The fourth-order valence-corrected chi connectivity index (χ4v) is 4.64. The van der Waals surface area contributed by atoms with Crippen LogP contribution in [0.5, 0.6) is 0 Å². The second kappa shape index (κ2) is 8.99. The summed E-state index contributed by atoms with van der Waals surface area (Å²) in [5.74, 6) is -1.29. The minimum absolute atomic E-state index is 0.339. The summed E-state index contributed by atoms with van der Waals surface area (Å²) in [6.45, 7) is 1.31. The van der Waals surface area contributed by atoms with Crippen molar-refractivity contribution in [2.24, 2.45) is 0 Å². The van der Waals surface area contributed by atoms with Gasteiger partial charge in [-0.3, -0.25) is 4.74 Å². The Bertz CT molecular complexity index is 1050. The van der Waals surface area contributed by atoms with Crippen molar-refractivity contribution in [3.8, 4) is 0 Å². The van der Waals surface area contributed by atoms with Crippen LogP contribution in [0.1, 0.15) is 16.7 Å². The monoisotopic (exact) mass is 446 g/mol. The summed E-state index contributed by atoms with van der Waals surface area (Å²) in [5.41, 5.74) is 3.00. The number of hydrogen-bond donors (Lipinski definition) is 0. The molecule has 33 heavy (non-hydrogen) atoms. The van der Waals surface area contributed by atoms with Crippen LogP contribution in [-0.2, 0) is 47.6 Å². The lowest BCUT2D eigenvalue weighted by atomic mass is 9.97. The van der Waals surface area contributed by atoms with Crippen LogP contribution >= 0.6 is 0 Å². The molecule has 0 spiro atoms. The average molecular weight is 446 g/mol. The third-order valence-corrected chi connectivity index (χ3v) is 6.25. The molecule has 170 valence electrons.